The minimum atomic E-state index is -3.34. The highest BCUT2D eigenvalue weighted by atomic mass is 32.2. The Hall–Kier alpha value is -2.96. The van der Waals surface area contributed by atoms with Crippen molar-refractivity contribution in [1.29, 1.82) is 0 Å². The zero-order valence-electron chi connectivity index (χ0n) is 17.7. The molecule has 2 aliphatic heterocycles. The van der Waals surface area contributed by atoms with E-state index in [0.717, 1.165) is 13.1 Å². The number of nitrogens with one attached hydrogen (secondary N) is 2. The van der Waals surface area contributed by atoms with Crippen LogP contribution in [0.15, 0.2) is 24.3 Å². The van der Waals surface area contributed by atoms with Crippen LogP contribution in [0.1, 0.15) is 11.3 Å². The second-order valence-electron chi connectivity index (χ2n) is 7.58. The Morgan fingerprint density at radius 3 is 2.53 bits per heavy atom. The van der Waals surface area contributed by atoms with Gasteiger partial charge in [-0.15, -0.1) is 0 Å². The number of aromatic nitrogens is 2. The monoisotopic (exact) mass is 463 g/mol. The van der Waals surface area contributed by atoms with Crippen LogP contribution in [0.3, 0.4) is 0 Å². The summed E-state index contributed by atoms with van der Waals surface area (Å²) in [5.41, 5.74) is 1.36. The molecule has 0 atom stereocenters. The van der Waals surface area contributed by atoms with E-state index in [1.54, 1.807) is 31.4 Å². The number of carbonyl (C=O) groups is 2. The van der Waals surface area contributed by atoms with E-state index in [0.29, 0.717) is 49.0 Å². The van der Waals surface area contributed by atoms with Crippen molar-refractivity contribution in [1.82, 2.24) is 20.0 Å². The fourth-order valence-electron chi connectivity index (χ4n) is 3.68. The Kier molecular flexibility index (Phi) is 6.44. The minimum absolute atomic E-state index is 0.180. The summed E-state index contributed by atoms with van der Waals surface area (Å²) in [7, 11) is -1.79. The fraction of sp³-hybridized carbons (Fsp3) is 0.450. The molecule has 2 aliphatic rings. The quantitative estimate of drug-likeness (QED) is 0.558. The number of sulfone groups is 1. The van der Waals surface area contributed by atoms with Gasteiger partial charge in [-0.1, -0.05) is 0 Å². The number of rotatable bonds is 6. The normalized spacial score (nSPS) is 17.5. The lowest BCUT2D eigenvalue weighted by Crippen LogP contribution is -2.43. The molecule has 12 heteroatoms. The number of carbonyl (C=O) groups excluding carboxylic acids is 2. The largest absolute Gasteiger partial charge is 0.497 e. The number of fused-ring (bicyclic) bond motifs is 1. The van der Waals surface area contributed by atoms with E-state index >= 15 is 0 Å². The molecule has 0 radical (unpaired) electrons. The predicted molar refractivity (Wildman–Crippen MR) is 115 cm³/mol. The minimum Gasteiger partial charge on any atom is -0.497 e. The second-order valence-corrected chi connectivity index (χ2v) is 9.64. The Bertz CT molecular complexity index is 1110. The van der Waals surface area contributed by atoms with E-state index < -0.39 is 21.7 Å². The van der Waals surface area contributed by atoms with Gasteiger partial charge in [0.2, 0.25) is 0 Å². The van der Waals surface area contributed by atoms with Gasteiger partial charge in [0, 0.05) is 31.7 Å². The third kappa shape index (κ3) is 4.92. The maximum Gasteiger partial charge on any atom is 0.314 e. The van der Waals surface area contributed by atoms with Gasteiger partial charge in [-0.3, -0.25) is 14.5 Å². The first-order chi connectivity index (χ1) is 15.4. The molecule has 32 heavy (non-hydrogen) atoms. The molecule has 11 nitrogen and oxygen atoms in total. The Balaban J connectivity index is 1.48. The van der Waals surface area contributed by atoms with Crippen LogP contribution in [-0.4, -0.2) is 81.4 Å². The van der Waals surface area contributed by atoms with Gasteiger partial charge in [-0.25, -0.2) is 13.1 Å². The Morgan fingerprint density at radius 2 is 1.84 bits per heavy atom. The van der Waals surface area contributed by atoms with Gasteiger partial charge in [0.15, 0.2) is 9.84 Å². The van der Waals surface area contributed by atoms with Gasteiger partial charge in [0.25, 0.3) is 0 Å². The molecule has 0 unspecified atom stereocenters. The van der Waals surface area contributed by atoms with Crippen molar-refractivity contribution in [3.63, 3.8) is 0 Å². The molecule has 1 fully saturated rings. The highest BCUT2D eigenvalue weighted by molar-refractivity contribution is 7.90. The molecule has 2 amide bonds. The SMILES string of the molecule is COc1ccc(-n2nc3c(c2NC(=O)C(=O)NCCN2CCOCC2)CS(=O)(=O)C3)cc1. The molecule has 0 spiro atoms. The standard InChI is InChI=1S/C20H25N5O6S/c1-30-15-4-2-14(3-5-15)25-18(16-12-32(28,29)13-17(16)23-25)22-20(27)19(26)21-6-7-24-8-10-31-11-9-24/h2-5H,6-13H2,1H3,(H,21,26)(H,22,27). The number of amides is 2. The summed E-state index contributed by atoms with van der Waals surface area (Å²) in [6, 6.07) is 6.91. The lowest BCUT2D eigenvalue weighted by molar-refractivity contribution is -0.136. The number of nitrogens with zero attached hydrogens (tertiary/aromatic N) is 3. The van der Waals surface area contributed by atoms with E-state index in [2.05, 4.69) is 20.6 Å². The summed E-state index contributed by atoms with van der Waals surface area (Å²) in [6.45, 7) is 3.79. The predicted octanol–water partition coefficient (Wildman–Crippen LogP) is -0.304. The fourth-order valence-corrected chi connectivity index (χ4v) is 5.17. The number of benzene rings is 1. The van der Waals surface area contributed by atoms with Crippen LogP contribution in [0.25, 0.3) is 5.69 Å². The van der Waals surface area contributed by atoms with Crippen LogP contribution < -0.4 is 15.4 Å². The van der Waals surface area contributed by atoms with Crippen molar-refractivity contribution in [2.24, 2.45) is 0 Å². The zero-order chi connectivity index (χ0) is 22.7. The summed E-state index contributed by atoms with van der Waals surface area (Å²) >= 11 is 0. The van der Waals surface area contributed by atoms with Crippen LogP contribution in [0.4, 0.5) is 5.82 Å². The van der Waals surface area contributed by atoms with Crippen LogP contribution in [-0.2, 0) is 35.7 Å². The molecule has 1 saturated heterocycles. The van der Waals surface area contributed by atoms with Gasteiger partial charge < -0.3 is 20.1 Å². The average Bonchev–Trinajstić information content (AvgIpc) is 3.26. The molecule has 0 bridgehead atoms. The van der Waals surface area contributed by atoms with Crippen molar-refractivity contribution in [2.45, 2.75) is 11.5 Å². The van der Waals surface area contributed by atoms with Crippen molar-refractivity contribution < 1.29 is 27.5 Å². The summed E-state index contributed by atoms with van der Waals surface area (Å²) < 4.78 is 36.0. The zero-order valence-corrected chi connectivity index (χ0v) is 18.5. The third-order valence-electron chi connectivity index (χ3n) is 5.36. The van der Waals surface area contributed by atoms with Gasteiger partial charge in [0.1, 0.15) is 11.6 Å². The first-order valence-corrected chi connectivity index (χ1v) is 12.0. The average molecular weight is 464 g/mol. The molecular weight excluding hydrogens is 438 g/mol. The summed E-state index contributed by atoms with van der Waals surface area (Å²) in [5, 5.41) is 9.55. The summed E-state index contributed by atoms with van der Waals surface area (Å²) in [4.78, 5) is 27.0. The van der Waals surface area contributed by atoms with Crippen molar-refractivity contribution in [3.8, 4) is 11.4 Å². The maximum absolute atomic E-state index is 12.6. The lowest BCUT2D eigenvalue weighted by atomic mass is 10.2. The van der Waals surface area contributed by atoms with Crippen LogP contribution in [0, 0.1) is 0 Å². The molecule has 4 rings (SSSR count). The van der Waals surface area contributed by atoms with E-state index in [4.69, 9.17) is 9.47 Å². The molecule has 1 aromatic heterocycles. The summed E-state index contributed by atoms with van der Waals surface area (Å²) in [5.74, 6) is -1.31. The molecule has 172 valence electrons. The van der Waals surface area contributed by atoms with Gasteiger partial charge in [0.05, 0.1) is 43.2 Å². The van der Waals surface area contributed by atoms with Crippen molar-refractivity contribution in [3.05, 3.63) is 35.5 Å². The highest BCUT2D eigenvalue weighted by Crippen LogP contribution is 2.33. The van der Waals surface area contributed by atoms with Crippen LogP contribution >= 0.6 is 0 Å². The molecule has 2 N–H and O–H groups in total. The van der Waals surface area contributed by atoms with Crippen LogP contribution in [0.2, 0.25) is 0 Å². The molecule has 0 aliphatic carbocycles. The number of morpholine rings is 1. The van der Waals surface area contributed by atoms with E-state index in [1.807, 2.05) is 0 Å². The maximum atomic E-state index is 12.6. The highest BCUT2D eigenvalue weighted by Gasteiger charge is 2.33. The lowest BCUT2D eigenvalue weighted by Gasteiger charge is -2.26. The van der Waals surface area contributed by atoms with Crippen LogP contribution in [0.5, 0.6) is 5.75 Å². The Morgan fingerprint density at radius 1 is 1.12 bits per heavy atom. The third-order valence-corrected chi connectivity index (χ3v) is 6.80. The molecule has 1 aromatic carbocycles. The molecule has 2 aromatic rings. The molecular formula is C20H25N5O6S. The first-order valence-electron chi connectivity index (χ1n) is 10.2. The van der Waals surface area contributed by atoms with Crippen molar-refractivity contribution >= 4 is 27.5 Å². The smallest absolute Gasteiger partial charge is 0.314 e. The van der Waals surface area contributed by atoms with E-state index in [-0.39, 0.29) is 17.3 Å². The number of ether oxygens (including phenoxy) is 2. The molecule has 0 saturated carbocycles. The van der Waals surface area contributed by atoms with E-state index in [1.165, 1.54) is 4.68 Å². The number of anilines is 1. The van der Waals surface area contributed by atoms with Gasteiger partial charge in [-0.2, -0.15) is 5.10 Å². The van der Waals surface area contributed by atoms with Crippen molar-refractivity contribution in [2.75, 3.05) is 51.8 Å². The topological polar surface area (TPSA) is 132 Å². The number of methoxy groups -OCH3 is 1. The Labute approximate surface area is 185 Å². The first kappa shape index (κ1) is 22.2. The molecule has 3 heterocycles. The van der Waals surface area contributed by atoms with Gasteiger partial charge >= 0.3 is 11.8 Å². The van der Waals surface area contributed by atoms with Gasteiger partial charge in [-0.05, 0) is 24.3 Å². The number of hydrogen-bond acceptors (Lipinski definition) is 8. The van der Waals surface area contributed by atoms with E-state index in [9.17, 15) is 18.0 Å². The summed E-state index contributed by atoms with van der Waals surface area (Å²) in [6.07, 6.45) is 0. The second kappa shape index (κ2) is 9.27. The number of hydrogen-bond donors (Lipinski definition) is 2.